The summed E-state index contributed by atoms with van der Waals surface area (Å²) in [6.45, 7) is -0.168. The molecule has 0 amide bonds. The predicted octanol–water partition coefficient (Wildman–Crippen LogP) is 20.3. The average molecular weight is 1220 g/mol. The third-order valence-electron chi connectivity index (χ3n) is 19.1. The molecule has 0 saturated heterocycles. The van der Waals surface area contributed by atoms with Crippen LogP contribution in [-0.2, 0) is 0 Å². The zero-order chi connectivity index (χ0) is 63.6. The van der Waals surface area contributed by atoms with Crippen LogP contribution >= 0.6 is 0 Å². The van der Waals surface area contributed by atoms with Crippen molar-refractivity contribution in [2.45, 2.75) is 0 Å². The maximum Gasteiger partial charge on any atom is 0.252 e. The number of para-hydroxylation sites is 1. The molecule has 0 spiro atoms. The molecule has 4 heterocycles. The van der Waals surface area contributed by atoms with E-state index < -0.39 is 0 Å². The van der Waals surface area contributed by atoms with Gasteiger partial charge in [-0.1, -0.05) is 255 Å². The Morgan fingerprint density at radius 2 is 0.615 bits per heavy atom. The monoisotopic (exact) mass is 1220 g/mol. The zero-order valence-corrected chi connectivity index (χ0v) is 52.0. The second-order valence-corrected chi connectivity index (χ2v) is 24.6. The van der Waals surface area contributed by atoms with E-state index in [4.69, 9.17) is 15.0 Å². The molecule has 0 atom stereocenters. The van der Waals surface area contributed by atoms with Crippen LogP contribution in [0.5, 0.6) is 0 Å². The Bertz CT molecular complexity index is 5440. The minimum Gasteiger partial charge on any atom is -0.311 e. The standard InChI is InChI=1S/C88H56BN7/c90-57-70-36-35-69(88-92-86(64-29-15-5-16-30-64)91-87(93-88)65-31-17-6-18-32-65)54-82(70)96-78-34-20-19-33-74(78)75-51-66(41-48-79(75)96)71-55-83-85-84(56-71)95(73-46-39-63(40-47-73)59-23-9-2-10-24-59)81-50-43-68(61-27-13-4-14-28-61)53-77(81)89(85)76-52-67(60-25-11-3-12-26-60)42-49-80(76)94(83)72-44-37-62(38-45-72)58-21-7-1-8-22-58/h1-56H. The van der Waals surface area contributed by atoms with Crippen molar-refractivity contribution in [1.82, 2.24) is 19.5 Å². The summed E-state index contributed by atoms with van der Waals surface area (Å²) in [6.07, 6.45) is 0. The molecule has 0 saturated carbocycles. The van der Waals surface area contributed by atoms with Gasteiger partial charge in [-0.15, -0.1) is 0 Å². The number of fused-ring (bicyclic) bond motifs is 7. The summed E-state index contributed by atoms with van der Waals surface area (Å²) < 4.78 is 2.23. The molecule has 18 rings (SSSR count). The Labute approximate surface area is 557 Å². The molecular weight excluding hydrogens is 1170 g/mol. The lowest BCUT2D eigenvalue weighted by Gasteiger charge is -2.44. The molecule has 0 bridgehead atoms. The zero-order valence-electron chi connectivity index (χ0n) is 52.0. The summed E-state index contributed by atoms with van der Waals surface area (Å²) in [5, 5.41) is 13.2. The highest BCUT2D eigenvalue weighted by molar-refractivity contribution is 7.00. The van der Waals surface area contributed by atoms with Crippen molar-refractivity contribution >= 4 is 79.0 Å². The molecule has 0 unspecified atom stereocenters. The normalized spacial score (nSPS) is 12.1. The summed E-state index contributed by atoms with van der Waals surface area (Å²) in [5.41, 5.74) is 27.4. The van der Waals surface area contributed by atoms with E-state index in [9.17, 15) is 5.26 Å². The second-order valence-electron chi connectivity index (χ2n) is 24.6. The minimum absolute atomic E-state index is 0.168. The maximum atomic E-state index is 11.1. The van der Waals surface area contributed by atoms with E-state index in [0.717, 1.165) is 112 Å². The van der Waals surface area contributed by atoms with Crippen LogP contribution in [0, 0.1) is 11.3 Å². The van der Waals surface area contributed by atoms with Crippen molar-refractivity contribution in [1.29, 1.82) is 5.26 Å². The van der Waals surface area contributed by atoms with Crippen LogP contribution < -0.4 is 26.2 Å². The van der Waals surface area contributed by atoms with Gasteiger partial charge in [0.1, 0.15) is 6.07 Å². The molecule has 2 aliphatic rings. The van der Waals surface area contributed by atoms with Gasteiger partial charge in [0.25, 0.3) is 6.71 Å². The molecule has 0 radical (unpaired) electrons. The fraction of sp³-hybridized carbons (Fsp3) is 0. The van der Waals surface area contributed by atoms with Crippen molar-refractivity contribution in [3.8, 4) is 102 Å². The first-order valence-electron chi connectivity index (χ1n) is 32.5. The summed E-state index contributed by atoms with van der Waals surface area (Å²) in [5.74, 6) is 1.64. The van der Waals surface area contributed by atoms with Crippen LogP contribution in [-0.4, -0.2) is 26.2 Å². The number of hydrogen-bond donors (Lipinski definition) is 0. The van der Waals surface area contributed by atoms with Crippen molar-refractivity contribution in [2.75, 3.05) is 9.80 Å². The first kappa shape index (κ1) is 55.9. The van der Waals surface area contributed by atoms with Gasteiger partial charge >= 0.3 is 0 Å². The van der Waals surface area contributed by atoms with Crippen LogP contribution in [0.15, 0.2) is 340 Å². The van der Waals surface area contributed by atoms with Gasteiger partial charge < -0.3 is 14.4 Å². The highest BCUT2D eigenvalue weighted by Gasteiger charge is 2.44. The van der Waals surface area contributed by atoms with Gasteiger partial charge in [-0.25, -0.2) is 15.0 Å². The van der Waals surface area contributed by atoms with Gasteiger partial charge in [-0.2, -0.15) is 5.26 Å². The number of hydrogen-bond acceptors (Lipinski definition) is 6. The number of aromatic nitrogens is 4. The number of nitrogens with zero attached hydrogens (tertiary/aromatic N) is 7. The van der Waals surface area contributed by atoms with Crippen LogP contribution in [0.4, 0.5) is 34.1 Å². The lowest BCUT2D eigenvalue weighted by Crippen LogP contribution is -2.61. The Balaban J connectivity index is 0.867. The molecule has 16 aromatic rings. The van der Waals surface area contributed by atoms with E-state index in [0.29, 0.717) is 23.0 Å². The van der Waals surface area contributed by atoms with Crippen LogP contribution in [0.2, 0.25) is 0 Å². The molecule has 0 N–H and O–H groups in total. The van der Waals surface area contributed by atoms with Crippen LogP contribution in [0.25, 0.3) is 117 Å². The number of nitriles is 1. The SMILES string of the molecule is N#Cc1ccc(-c2nc(-c3ccccc3)nc(-c3ccccc3)n2)cc1-n1c2ccccc2c2cc(-c3cc4c5c(c3)N(c3ccc(-c6ccccc6)cc3)c3ccc(-c6ccccc6)cc3B5c3cc(-c5ccccc5)ccc3N4c3ccc(-c4ccccc4)cc3)ccc21. The Kier molecular flexibility index (Phi) is 13.6. The molecule has 0 fully saturated rings. The van der Waals surface area contributed by atoms with E-state index in [1.165, 1.54) is 38.6 Å². The number of rotatable bonds is 11. The molecule has 7 nitrogen and oxygen atoms in total. The minimum atomic E-state index is -0.168. The molecule has 446 valence electrons. The molecule has 14 aromatic carbocycles. The van der Waals surface area contributed by atoms with E-state index >= 15 is 0 Å². The van der Waals surface area contributed by atoms with Gasteiger partial charge in [-0.3, -0.25) is 0 Å². The van der Waals surface area contributed by atoms with Crippen LogP contribution in [0.3, 0.4) is 0 Å². The third kappa shape index (κ3) is 9.64. The third-order valence-corrected chi connectivity index (χ3v) is 19.1. The van der Waals surface area contributed by atoms with E-state index in [1.54, 1.807) is 0 Å². The quantitative estimate of drug-likeness (QED) is 0.120. The maximum absolute atomic E-state index is 11.1. The van der Waals surface area contributed by atoms with E-state index in [-0.39, 0.29) is 6.71 Å². The highest BCUT2D eigenvalue weighted by atomic mass is 15.2. The van der Waals surface area contributed by atoms with Gasteiger partial charge in [-0.05, 0) is 157 Å². The second kappa shape index (κ2) is 23.3. The Morgan fingerprint density at radius 3 is 1.08 bits per heavy atom. The van der Waals surface area contributed by atoms with E-state index in [1.807, 2.05) is 72.8 Å². The number of benzene rings is 14. The summed E-state index contributed by atoms with van der Waals surface area (Å²) in [7, 11) is 0. The molecule has 2 aromatic heterocycles. The summed E-state index contributed by atoms with van der Waals surface area (Å²) in [4.78, 5) is 20.3. The first-order chi connectivity index (χ1) is 47.5. The Hall–Kier alpha value is -13.0. The highest BCUT2D eigenvalue weighted by Crippen LogP contribution is 2.48. The fourth-order valence-electron chi connectivity index (χ4n) is 14.5. The average Bonchev–Trinajstić information content (AvgIpc) is 0.852. The van der Waals surface area contributed by atoms with Gasteiger partial charge in [0, 0.05) is 61.6 Å². The van der Waals surface area contributed by atoms with Crippen molar-refractivity contribution in [3.63, 3.8) is 0 Å². The lowest BCUT2D eigenvalue weighted by molar-refractivity contribution is 1.07. The van der Waals surface area contributed by atoms with Gasteiger partial charge in [0.05, 0.1) is 22.3 Å². The van der Waals surface area contributed by atoms with E-state index in [2.05, 4.69) is 287 Å². The molecular formula is C88H56BN7. The summed E-state index contributed by atoms with van der Waals surface area (Å²) >= 11 is 0. The predicted molar refractivity (Wildman–Crippen MR) is 396 cm³/mol. The smallest absolute Gasteiger partial charge is 0.252 e. The molecule has 96 heavy (non-hydrogen) atoms. The van der Waals surface area contributed by atoms with Gasteiger partial charge in [0.2, 0.25) is 0 Å². The van der Waals surface area contributed by atoms with Crippen molar-refractivity contribution < 1.29 is 0 Å². The molecule has 0 aliphatic carbocycles. The first-order valence-corrected chi connectivity index (χ1v) is 32.5. The Morgan fingerprint density at radius 1 is 0.260 bits per heavy atom. The largest absolute Gasteiger partial charge is 0.311 e. The van der Waals surface area contributed by atoms with Crippen molar-refractivity contribution in [3.05, 3.63) is 345 Å². The fourth-order valence-corrected chi connectivity index (χ4v) is 14.5. The van der Waals surface area contributed by atoms with Crippen LogP contribution in [0.1, 0.15) is 5.56 Å². The number of anilines is 6. The summed E-state index contributed by atoms with van der Waals surface area (Å²) in [6, 6.07) is 124. The van der Waals surface area contributed by atoms with Gasteiger partial charge in [0.15, 0.2) is 17.5 Å². The molecule has 8 heteroatoms. The topological polar surface area (TPSA) is 73.9 Å². The van der Waals surface area contributed by atoms with Crippen molar-refractivity contribution in [2.24, 2.45) is 0 Å². The lowest BCUT2D eigenvalue weighted by atomic mass is 9.33. The molecule has 2 aliphatic heterocycles.